The molecule has 1 nitrogen and oxygen atoms in total. The maximum absolute atomic E-state index is 5.26. The normalized spacial score (nSPS) is 11.1. The van der Waals surface area contributed by atoms with Crippen molar-refractivity contribution in [2.75, 3.05) is 0 Å². The van der Waals surface area contributed by atoms with Crippen molar-refractivity contribution in [2.24, 2.45) is 0 Å². The van der Waals surface area contributed by atoms with E-state index in [0.717, 1.165) is 5.75 Å². The molecule has 0 unspecified atom stereocenters. The van der Waals surface area contributed by atoms with E-state index in [1.54, 1.807) is 0 Å². The Balaban J connectivity index is 2.32. The van der Waals surface area contributed by atoms with Gasteiger partial charge in [-0.15, -0.1) is 0 Å². The first-order valence-electron chi connectivity index (χ1n) is 6.49. The molecule has 0 aromatic heterocycles. The minimum Gasteiger partial charge on any atom is -0.466 e. The van der Waals surface area contributed by atoms with Gasteiger partial charge in [0.25, 0.3) is 0 Å². The van der Waals surface area contributed by atoms with Crippen LogP contribution in [0.3, 0.4) is 0 Å². The van der Waals surface area contributed by atoms with Crippen molar-refractivity contribution < 1.29 is 4.74 Å². The largest absolute Gasteiger partial charge is 0.466 e. The second-order valence-corrected chi connectivity index (χ2v) is 5.30. The van der Waals surface area contributed by atoms with Crippen LogP contribution in [0.15, 0.2) is 61.4 Å². The van der Waals surface area contributed by atoms with Gasteiger partial charge in [0.15, 0.2) is 0 Å². The monoisotopic (exact) mass is 252 g/mol. The molecule has 0 heterocycles. The highest BCUT2D eigenvalue weighted by molar-refractivity contribution is 5.40. The zero-order valence-corrected chi connectivity index (χ0v) is 11.8. The van der Waals surface area contributed by atoms with Gasteiger partial charge in [0.05, 0.1) is 6.26 Å². The molecule has 0 atom stereocenters. The molecule has 2 aromatic carbocycles. The van der Waals surface area contributed by atoms with E-state index in [-0.39, 0.29) is 5.41 Å². The molecule has 0 saturated heterocycles. The Hall–Kier alpha value is -2.02. The van der Waals surface area contributed by atoms with Gasteiger partial charge in [-0.2, -0.15) is 0 Å². The van der Waals surface area contributed by atoms with Gasteiger partial charge >= 0.3 is 0 Å². The zero-order chi connectivity index (χ0) is 13.9. The first-order chi connectivity index (χ1) is 9.04. The van der Waals surface area contributed by atoms with Gasteiger partial charge in [-0.05, 0) is 30.2 Å². The highest BCUT2D eigenvalue weighted by atomic mass is 16.5. The third-order valence-electron chi connectivity index (χ3n) is 3.57. The first-order valence-corrected chi connectivity index (χ1v) is 6.49. The van der Waals surface area contributed by atoms with Crippen LogP contribution in [0.4, 0.5) is 0 Å². The van der Waals surface area contributed by atoms with Gasteiger partial charge < -0.3 is 4.74 Å². The molecule has 0 saturated carbocycles. The van der Waals surface area contributed by atoms with Crippen LogP contribution in [0.25, 0.3) is 0 Å². The number of aryl methyl sites for hydroxylation is 1. The Morgan fingerprint density at radius 2 is 1.37 bits per heavy atom. The summed E-state index contributed by atoms with van der Waals surface area (Å²) in [7, 11) is 0. The van der Waals surface area contributed by atoms with Gasteiger partial charge in [0.1, 0.15) is 5.75 Å². The van der Waals surface area contributed by atoms with E-state index in [2.05, 4.69) is 63.7 Å². The highest BCUT2D eigenvalue weighted by Gasteiger charge is 2.22. The molecule has 2 aromatic rings. The van der Waals surface area contributed by atoms with Crippen LogP contribution in [0.1, 0.15) is 30.5 Å². The van der Waals surface area contributed by atoms with Crippen molar-refractivity contribution in [1.82, 2.24) is 0 Å². The smallest absolute Gasteiger partial charge is 0.126 e. The van der Waals surface area contributed by atoms with Crippen molar-refractivity contribution >= 4 is 0 Å². The minimum absolute atomic E-state index is 0.0135. The van der Waals surface area contributed by atoms with Crippen LogP contribution in [0, 0.1) is 6.92 Å². The first kappa shape index (κ1) is 13.4. The lowest BCUT2D eigenvalue weighted by Crippen LogP contribution is -2.18. The van der Waals surface area contributed by atoms with Crippen molar-refractivity contribution in [3.8, 4) is 5.75 Å². The summed E-state index contributed by atoms with van der Waals surface area (Å²) in [4.78, 5) is 0. The third-order valence-corrected chi connectivity index (χ3v) is 3.57. The molecule has 0 fully saturated rings. The van der Waals surface area contributed by atoms with Crippen molar-refractivity contribution in [3.05, 3.63) is 78.1 Å². The molecule has 0 radical (unpaired) electrons. The predicted molar refractivity (Wildman–Crippen MR) is 80.6 cm³/mol. The number of benzene rings is 2. The van der Waals surface area contributed by atoms with E-state index < -0.39 is 0 Å². The van der Waals surface area contributed by atoms with Crippen LogP contribution >= 0.6 is 0 Å². The SMILES string of the molecule is C=COc1ccc(C(C)(C)c2ccc(C)cc2)cc1. The molecule has 1 heteroatoms. The van der Waals surface area contributed by atoms with E-state index in [9.17, 15) is 0 Å². The third kappa shape index (κ3) is 2.87. The lowest BCUT2D eigenvalue weighted by molar-refractivity contribution is 0.482. The summed E-state index contributed by atoms with van der Waals surface area (Å²) in [5.41, 5.74) is 3.86. The van der Waals surface area contributed by atoms with Gasteiger partial charge in [-0.25, -0.2) is 0 Å². The molecule has 19 heavy (non-hydrogen) atoms. The Kier molecular flexibility index (Phi) is 3.75. The Bertz CT molecular complexity index is 547. The summed E-state index contributed by atoms with van der Waals surface area (Å²) in [6.45, 7) is 10.1. The minimum atomic E-state index is -0.0135. The van der Waals surface area contributed by atoms with Crippen LogP contribution in [0.2, 0.25) is 0 Å². The summed E-state index contributed by atoms with van der Waals surface area (Å²) < 4.78 is 5.26. The molecular weight excluding hydrogens is 232 g/mol. The quantitative estimate of drug-likeness (QED) is 0.707. The predicted octanol–water partition coefficient (Wildman–Crippen LogP) is 4.84. The van der Waals surface area contributed by atoms with E-state index in [1.165, 1.54) is 23.0 Å². The van der Waals surface area contributed by atoms with Crippen molar-refractivity contribution in [3.63, 3.8) is 0 Å². The van der Waals surface area contributed by atoms with Crippen molar-refractivity contribution in [2.45, 2.75) is 26.2 Å². The number of ether oxygens (including phenoxy) is 1. The summed E-state index contributed by atoms with van der Waals surface area (Å²) in [6, 6.07) is 16.9. The molecule has 98 valence electrons. The molecule has 0 aliphatic heterocycles. The molecule has 2 rings (SSSR count). The highest BCUT2D eigenvalue weighted by Crippen LogP contribution is 2.32. The van der Waals surface area contributed by atoms with Gasteiger partial charge in [0.2, 0.25) is 0 Å². The molecule has 0 aliphatic carbocycles. The van der Waals surface area contributed by atoms with Crippen LogP contribution < -0.4 is 4.74 Å². The summed E-state index contributed by atoms with van der Waals surface area (Å²) >= 11 is 0. The average molecular weight is 252 g/mol. The second-order valence-electron chi connectivity index (χ2n) is 5.30. The van der Waals surface area contributed by atoms with Crippen LogP contribution in [-0.4, -0.2) is 0 Å². The summed E-state index contributed by atoms with van der Waals surface area (Å²) in [5, 5.41) is 0. The fourth-order valence-electron chi connectivity index (χ4n) is 2.18. The molecular formula is C18H20O. The van der Waals surface area contributed by atoms with Gasteiger partial charge in [-0.1, -0.05) is 62.4 Å². The summed E-state index contributed by atoms with van der Waals surface area (Å²) in [5.74, 6) is 0.818. The van der Waals surface area contributed by atoms with Crippen LogP contribution in [-0.2, 0) is 5.41 Å². The molecule has 0 amide bonds. The summed E-state index contributed by atoms with van der Waals surface area (Å²) in [6.07, 6.45) is 1.44. The van der Waals surface area contributed by atoms with E-state index in [4.69, 9.17) is 4.74 Å². The fraction of sp³-hybridized carbons (Fsp3) is 0.222. The topological polar surface area (TPSA) is 9.23 Å². The molecule has 0 bridgehead atoms. The number of hydrogen-bond acceptors (Lipinski definition) is 1. The lowest BCUT2D eigenvalue weighted by atomic mass is 9.78. The van der Waals surface area contributed by atoms with Gasteiger partial charge in [-0.3, -0.25) is 0 Å². The maximum atomic E-state index is 5.26. The number of hydrogen-bond donors (Lipinski definition) is 0. The lowest BCUT2D eigenvalue weighted by Gasteiger charge is -2.26. The van der Waals surface area contributed by atoms with E-state index >= 15 is 0 Å². The van der Waals surface area contributed by atoms with Crippen LogP contribution in [0.5, 0.6) is 5.75 Å². The van der Waals surface area contributed by atoms with Crippen molar-refractivity contribution in [1.29, 1.82) is 0 Å². The van der Waals surface area contributed by atoms with Gasteiger partial charge in [0, 0.05) is 5.41 Å². The molecule has 0 spiro atoms. The Morgan fingerprint density at radius 1 is 0.895 bits per heavy atom. The standard InChI is InChI=1S/C18H20O/c1-5-19-17-12-10-16(11-13-17)18(3,4)15-8-6-14(2)7-9-15/h5-13H,1H2,2-4H3. The zero-order valence-electron chi connectivity index (χ0n) is 11.8. The number of rotatable bonds is 4. The second kappa shape index (κ2) is 5.31. The fourth-order valence-corrected chi connectivity index (χ4v) is 2.18. The Morgan fingerprint density at radius 3 is 1.84 bits per heavy atom. The average Bonchev–Trinajstić information content (AvgIpc) is 2.40. The van der Waals surface area contributed by atoms with E-state index in [1.807, 2.05) is 12.1 Å². The molecule has 0 aliphatic rings. The Labute approximate surface area is 115 Å². The molecule has 0 N–H and O–H groups in total. The van der Waals surface area contributed by atoms with E-state index in [0.29, 0.717) is 0 Å². The maximum Gasteiger partial charge on any atom is 0.126 e.